The molecule has 2 aliphatic heterocycles. The van der Waals surface area contributed by atoms with Gasteiger partial charge in [0.1, 0.15) is 5.82 Å². The number of benzene rings is 1. The lowest BCUT2D eigenvalue weighted by molar-refractivity contribution is -0.185. The van der Waals surface area contributed by atoms with E-state index >= 15 is 0 Å². The largest absolute Gasteiger partial charge is 0.347 e. The van der Waals surface area contributed by atoms with Crippen LogP contribution in [0.15, 0.2) is 22.7 Å². The van der Waals surface area contributed by atoms with Gasteiger partial charge in [-0.05, 0) is 18.2 Å². The maximum Gasteiger partial charge on any atom is 0.170 e. The molecule has 0 N–H and O–H groups in total. The summed E-state index contributed by atoms with van der Waals surface area (Å²) >= 11 is 3.38. The van der Waals surface area contributed by atoms with Crippen molar-refractivity contribution in [1.82, 2.24) is 4.90 Å². The first-order valence-electron chi connectivity index (χ1n) is 6.61. The zero-order chi connectivity index (χ0) is 13.3. The van der Waals surface area contributed by atoms with Crippen LogP contribution in [0.5, 0.6) is 0 Å². The van der Waals surface area contributed by atoms with E-state index in [1.54, 1.807) is 6.07 Å². The van der Waals surface area contributed by atoms with Crippen molar-refractivity contribution in [3.63, 3.8) is 0 Å². The van der Waals surface area contributed by atoms with Crippen LogP contribution in [0.2, 0.25) is 0 Å². The molecule has 5 heteroatoms. The van der Waals surface area contributed by atoms with Gasteiger partial charge in [0, 0.05) is 42.5 Å². The van der Waals surface area contributed by atoms with Gasteiger partial charge in [-0.2, -0.15) is 0 Å². The third kappa shape index (κ3) is 2.99. The highest BCUT2D eigenvalue weighted by molar-refractivity contribution is 9.10. The van der Waals surface area contributed by atoms with Gasteiger partial charge in [-0.3, -0.25) is 4.90 Å². The average molecular weight is 330 g/mol. The van der Waals surface area contributed by atoms with E-state index < -0.39 is 0 Å². The van der Waals surface area contributed by atoms with Crippen molar-refractivity contribution in [3.8, 4) is 0 Å². The van der Waals surface area contributed by atoms with Crippen LogP contribution in [-0.4, -0.2) is 37.0 Å². The Labute approximate surface area is 120 Å². The fourth-order valence-electron chi connectivity index (χ4n) is 2.74. The Kier molecular flexibility index (Phi) is 3.89. The number of hydrogen-bond acceptors (Lipinski definition) is 3. The summed E-state index contributed by atoms with van der Waals surface area (Å²) in [5.74, 6) is -0.497. The molecule has 1 spiro atoms. The Morgan fingerprint density at radius 3 is 2.58 bits per heavy atom. The van der Waals surface area contributed by atoms with Gasteiger partial charge < -0.3 is 9.47 Å². The molecule has 104 valence electrons. The van der Waals surface area contributed by atoms with Gasteiger partial charge in [0.2, 0.25) is 0 Å². The molecule has 0 radical (unpaired) electrons. The molecule has 1 aromatic carbocycles. The summed E-state index contributed by atoms with van der Waals surface area (Å²) in [4.78, 5) is 2.25. The second-order valence-corrected chi connectivity index (χ2v) is 6.04. The third-order valence-corrected chi connectivity index (χ3v) is 4.33. The molecular weight excluding hydrogens is 313 g/mol. The smallest absolute Gasteiger partial charge is 0.170 e. The van der Waals surface area contributed by atoms with Crippen LogP contribution in [0.3, 0.4) is 0 Å². The Hall–Kier alpha value is -0.490. The first kappa shape index (κ1) is 13.5. The molecule has 0 unspecified atom stereocenters. The Morgan fingerprint density at radius 1 is 1.21 bits per heavy atom. The highest BCUT2D eigenvalue weighted by Crippen LogP contribution is 2.32. The molecule has 2 fully saturated rings. The minimum atomic E-state index is -0.355. The van der Waals surface area contributed by atoms with Gasteiger partial charge in [-0.25, -0.2) is 4.39 Å². The van der Waals surface area contributed by atoms with Gasteiger partial charge >= 0.3 is 0 Å². The molecule has 0 aliphatic carbocycles. The van der Waals surface area contributed by atoms with Gasteiger partial charge in [0.05, 0.1) is 13.2 Å². The fraction of sp³-hybridized carbons (Fsp3) is 0.571. The van der Waals surface area contributed by atoms with E-state index in [0.717, 1.165) is 36.0 Å². The molecule has 3 nitrogen and oxygen atoms in total. The zero-order valence-electron chi connectivity index (χ0n) is 10.7. The maximum atomic E-state index is 13.7. The zero-order valence-corrected chi connectivity index (χ0v) is 12.3. The van der Waals surface area contributed by atoms with Crippen LogP contribution in [0.1, 0.15) is 18.4 Å². The van der Waals surface area contributed by atoms with Crippen molar-refractivity contribution in [1.29, 1.82) is 0 Å². The average Bonchev–Trinajstić information content (AvgIpc) is 2.85. The topological polar surface area (TPSA) is 21.7 Å². The van der Waals surface area contributed by atoms with Crippen molar-refractivity contribution in [2.45, 2.75) is 25.2 Å². The van der Waals surface area contributed by atoms with E-state index in [-0.39, 0.29) is 11.6 Å². The summed E-state index contributed by atoms with van der Waals surface area (Å²) in [7, 11) is 0. The molecule has 0 aromatic heterocycles. The van der Waals surface area contributed by atoms with E-state index in [9.17, 15) is 4.39 Å². The number of nitrogens with zero attached hydrogens (tertiary/aromatic N) is 1. The summed E-state index contributed by atoms with van der Waals surface area (Å²) in [6.45, 7) is 3.79. The predicted octanol–water partition coefficient (Wildman–Crippen LogP) is 2.93. The van der Waals surface area contributed by atoms with Crippen molar-refractivity contribution in [2.75, 3.05) is 26.3 Å². The molecule has 2 aliphatic rings. The van der Waals surface area contributed by atoms with Crippen molar-refractivity contribution >= 4 is 15.9 Å². The Balaban J connectivity index is 1.61. The monoisotopic (exact) mass is 329 g/mol. The predicted molar refractivity (Wildman–Crippen MR) is 73.2 cm³/mol. The van der Waals surface area contributed by atoms with Gasteiger partial charge in [0.15, 0.2) is 5.79 Å². The molecule has 0 bridgehead atoms. The van der Waals surface area contributed by atoms with Crippen molar-refractivity contribution in [2.24, 2.45) is 0 Å². The van der Waals surface area contributed by atoms with Crippen LogP contribution in [0.25, 0.3) is 0 Å². The number of likely N-dealkylation sites (tertiary alicyclic amines) is 1. The number of rotatable bonds is 2. The summed E-state index contributed by atoms with van der Waals surface area (Å²) < 4.78 is 26.0. The first-order chi connectivity index (χ1) is 9.17. The van der Waals surface area contributed by atoms with Crippen LogP contribution in [0, 0.1) is 5.82 Å². The van der Waals surface area contributed by atoms with E-state index in [4.69, 9.17) is 9.47 Å². The molecule has 3 rings (SSSR count). The summed E-state index contributed by atoms with van der Waals surface area (Å²) in [6, 6.07) is 5.08. The number of halogens is 2. The van der Waals surface area contributed by atoms with E-state index in [0.29, 0.717) is 19.8 Å². The third-order valence-electron chi connectivity index (χ3n) is 3.83. The van der Waals surface area contributed by atoms with Crippen LogP contribution in [-0.2, 0) is 16.0 Å². The molecule has 0 atom stereocenters. The molecular formula is C14H17BrFNO2. The molecule has 19 heavy (non-hydrogen) atoms. The highest BCUT2D eigenvalue weighted by Gasteiger charge is 2.39. The minimum absolute atomic E-state index is 0.142. The maximum absolute atomic E-state index is 13.7. The first-order valence-corrected chi connectivity index (χ1v) is 7.40. The standard InChI is InChI=1S/C14H17BrFNO2/c15-12-1-2-13(16)11(9-12)10-17-5-3-14(4-6-17)18-7-8-19-14/h1-2,9H,3-8,10H2. The number of hydrogen-bond donors (Lipinski definition) is 0. The molecule has 1 aromatic rings. The number of ether oxygens (including phenoxy) is 2. The Morgan fingerprint density at radius 2 is 1.89 bits per heavy atom. The second kappa shape index (κ2) is 5.48. The lowest BCUT2D eigenvalue weighted by atomic mass is 10.0. The van der Waals surface area contributed by atoms with Crippen molar-refractivity contribution in [3.05, 3.63) is 34.1 Å². The minimum Gasteiger partial charge on any atom is -0.347 e. The lowest BCUT2D eigenvalue weighted by Crippen LogP contribution is -2.44. The van der Waals surface area contributed by atoms with Gasteiger partial charge in [-0.1, -0.05) is 15.9 Å². The van der Waals surface area contributed by atoms with E-state index in [1.165, 1.54) is 6.07 Å². The normalized spacial score (nSPS) is 23.1. The Bertz CT molecular complexity index is 453. The second-order valence-electron chi connectivity index (χ2n) is 5.12. The van der Waals surface area contributed by atoms with Crippen LogP contribution < -0.4 is 0 Å². The summed E-state index contributed by atoms with van der Waals surface area (Å²) in [5.41, 5.74) is 0.735. The molecule has 2 heterocycles. The molecule has 0 amide bonds. The quantitative estimate of drug-likeness (QED) is 0.832. The molecule has 2 saturated heterocycles. The van der Waals surface area contributed by atoms with E-state index in [1.807, 2.05) is 6.07 Å². The summed E-state index contributed by atoms with van der Waals surface area (Å²) in [5, 5.41) is 0. The van der Waals surface area contributed by atoms with Gasteiger partial charge in [0.25, 0.3) is 0 Å². The molecule has 0 saturated carbocycles. The summed E-state index contributed by atoms with van der Waals surface area (Å²) in [6.07, 6.45) is 1.73. The number of piperidine rings is 1. The fourth-order valence-corrected chi connectivity index (χ4v) is 3.15. The lowest BCUT2D eigenvalue weighted by Gasteiger charge is -2.37. The van der Waals surface area contributed by atoms with Crippen LogP contribution >= 0.6 is 15.9 Å². The highest BCUT2D eigenvalue weighted by atomic mass is 79.9. The van der Waals surface area contributed by atoms with Gasteiger partial charge in [-0.15, -0.1) is 0 Å². The SMILES string of the molecule is Fc1ccc(Br)cc1CN1CCC2(CC1)OCCO2. The van der Waals surface area contributed by atoms with E-state index in [2.05, 4.69) is 20.8 Å². The van der Waals surface area contributed by atoms with Crippen molar-refractivity contribution < 1.29 is 13.9 Å². The van der Waals surface area contributed by atoms with Crippen LogP contribution in [0.4, 0.5) is 4.39 Å².